The van der Waals surface area contributed by atoms with Crippen LogP contribution in [0.15, 0.2) is 11.4 Å². The highest BCUT2D eigenvalue weighted by Crippen LogP contribution is 2.34. The number of nitrogens with zero attached hydrogens (tertiary/aromatic N) is 3. The maximum atomic E-state index is 12.7. The predicted molar refractivity (Wildman–Crippen MR) is 115 cm³/mol. The highest BCUT2D eigenvalue weighted by Gasteiger charge is 2.31. The van der Waals surface area contributed by atoms with Gasteiger partial charge in [-0.05, 0) is 57.2 Å². The van der Waals surface area contributed by atoms with Gasteiger partial charge < -0.3 is 10.2 Å². The maximum absolute atomic E-state index is 12.7. The topological polar surface area (TPSA) is 58.1 Å². The van der Waals surface area contributed by atoms with Gasteiger partial charge in [-0.1, -0.05) is 0 Å². The minimum Gasteiger partial charge on any atom is -0.343 e. The van der Waals surface area contributed by atoms with Crippen LogP contribution in [-0.2, 0) is 4.79 Å². The minimum atomic E-state index is 0. The summed E-state index contributed by atoms with van der Waals surface area (Å²) in [6, 6.07) is 0. The van der Waals surface area contributed by atoms with Gasteiger partial charge in [-0.2, -0.15) is 0 Å². The first-order valence-corrected chi connectivity index (χ1v) is 11.3. The van der Waals surface area contributed by atoms with Gasteiger partial charge in [0, 0.05) is 35.5 Å². The third-order valence-electron chi connectivity index (χ3n) is 5.86. The van der Waals surface area contributed by atoms with E-state index in [0.717, 1.165) is 66.5 Å². The van der Waals surface area contributed by atoms with E-state index in [1.54, 1.807) is 29.4 Å². The molecule has 2 aliphatic rings. The number of rotatable bonds is 4. The quantitative estimate of drug-likeness (QED) is 0.597. The lowest BCUT2D eigenvalue weighted by Gasteiger charge is -2.20. The summed E-state index contributed by atoms with van der Waals surface area (Å²) in [4.78, 5) is 26.0. The van der Waals surface area contributed by atoms with Crippen molar-refractivity contribution in [2.24, 2.45) is 11.8 Å². The van der Waals surface area contributed by atoms with Crippen molar-refractivity contribution in [2.75, 3.05) is 31.9 Å². The number of nitrogens with one attached hydrogen (secondary N) is 1. The van der Waals surface area contributed by atoms with Crippen LogP contribution < -0.4 is 5.32 Å². The van der Waals surface area contributed by atoms with Gasteiger partial charge >= 0.3 is 0 Å². The smallest absolute Gasteiger partial charge is 0.223 e. The molecule has 8 heteroatoms. The van der Waals surface area contributed by atoms with Crippen molar-refractivity contribution >= 4 is 51.6 Å². The van der Waals surface area contributed by atoms with Crippen LogP contribution in [-0.4, -0.2) is 52.7 Å². The van der Waals surface area contributed by atoms with Gasteiger partial charge in [-0.3, -0.25) is 4.79 Å². The van der Waals surface area contributed by atoms with E-state index in [1.165, 1.54) is 15.8 Å². The molecule has 2 aromatic rings. The summed E-state index contributed by atoms with van der Waals surface area (Å²) >= 11 is 3.41. The second-order valence-corrected chi connectivity index (χ2v) is 9.66. The SMILES string of the molecule is Cc1sc2ncnc(SCCC(=O)N3CC[C@@H]4CNC[C@@H]4CC3)c2c1C.Cl. The van der Waals surface area contributed by atoms with Crippen LogP contribution in [0.2, 0.25) is 0 Å². The minimum absolute atomic E-state index is 0. The number of fused-ring (bicyclic) bond motifs is 2. The van der Waals surface area contributed by atoms with E-state index < -0.39 is 0 Å². The fourth-order valence-electron chi connectivity index (χ4n) is 4.12. The van der Waals surface area contributed by atoms with Crippen molar-refractivity contribution in [1.29, 1.82) is 0 Å². The summed E-state index contributed by atoms with van der Waals surface area (Å²) < 4.78 is 0. The first-order valence-electron chi connectivity index (χ1n) is 9.45. The summed E-state index contributed by atoms with van der Waals surface area (Å²) in [6.07, 6.45) is 4.53. The van der Waals surface area contributed by atoms with E-state index in [2.05, 4.69) is 34.0 Å². The summed E-state index contributed by atoms with van der Waals surface area (Å²) in [5.74, 6) is 2.61. The molecule has 2 aliphatic heterocycles. The van der Waals surface area contributed by atoms with E-state index in [0.29, 0.717) is 12.3 Å². The largest absolute Gasteiger partial charge is 0.343 e. The number of aryl methyl sites for hydroxylation is 2. The third kappa shape index (κ3) is 4.42. The molecule has 0 radical (unpaired) electrons. The van der Waals surface area contributed by atoms with Crippen LogP contribution in [0.25, 0.3) is 10.2 Å². The molecule has 2 fully saturated rings. The zero-order chi connectivity index (χ0) is 18.1. The molecule has 0 aliphatic carbocycles. The fraction of sp³-hybridized carbons (Fsp3) is 0.632. The molecule has 1 N–H and O–H groups in total. The predicted octanol–water partition coefficient (Wildman–Crippen LogP) is 3.67. The summed E-state index contributed by atoms with van der Waals surface area (Å²) in [5, 5.41) is 5.68. The molecule has 0 aromatic carbocycles. The summed E-state index contributed by atoms with van der Waals surface area (Å²) in [7, 11) is 0. The first kappa shape index (κ1) is 20.8. The van der Waals surface area contributed by atoms with E-state index in [-0.39, 0.29) is 12.4 Å². The molecular formula is C19H27ClN4OS2. The van der Waals surface area contributed by atoms with E-state index in [9.17, 15) is 4.79 Å². The average molecular weight is 427 g/mol. The molecule has 5 nitrogen and oxygen atoms in total. The van der Waals surface area contributed by atoms with Crippen molar-refractivity contribution in [2.45, 2.75) is 38.1 Å². The van der Waals surface area contributed by atoms with Crippen molar-refractivity contribution in [3.8, 4) is 0 Å². The summed E-state index contributed by atoms with van der Waals surface area (Å²) in [5.41, 5.74) is 1.27. The number of thioether (sulfide) groups is 1. The van der Waals surface area contributed by atoms with Crippen molar-refractivity contribution in [3.05, 3.63) is 16.8 Å². The second-order valence-electron chi connectivity index (χ2n) is 7.38. The zero-order valence-corrected chi connectivity index (χ0v) is 18.3. The number of hydrogen-bond acceptors (Lipinski definition) is 6. The Bertz CT molecular complexity index is 798. The van der Waals surface area contributed by atoms with Gasteiger partial charge in [0.15, 0.2) is 0 Å². The Hall–Kier alpha value is -0.890. The molecule has 148 valence electrons. The Balaban J connectivity index is 0.00000210. The lowest BCUT2D eigenvalue weighted by molar-refractivity contribution is -0.130. The molecular weight excluding hydrogens is 400 g/mol. The number of amides is 1. The molecule has 4 rings (SSSR count). The lowest BCUT2D eigenvalue weighted by atomic mass is 9.92. The molecule has 4 heterocycles. The molecule has 0 spiro atoms. The second kappa shape index (κ2) is 9.07. The Morgan fingerprint density at radius 3 is 2.67 bits per heavy atom. The number of carbonyl (C=O) groups excluding carboxylic acids is 1. The number of aromatic nitrogens is 2. The zero-order valence-electron chi connectivity index (χ0n) is 15.9. The Morgan fingerprint density at radius 2 is 1.96 bits per heavy atom. The summed E-state index contributed by atoms with van der Waals surface area (Å²) in [6.45, 7) is 8.37. The highest BCUT2D eigenvalue weighted by molar-refractivity contribution is 7.99. The van der Waals surface area contributed by atoms with Crippen molar-refractivity contribution < 1.29 is 4.79 Å². The van der Waals surface area contributed by atoms with Crippen LogP contribution in [0.5, 0.6) is 0 Å². The van der Waals surface area contributed by atoms with Crippen molar-refractivity contribution in [1.82, 2.24) is 20.2 Å². The molecule has 0 saturated carbocycles. The first-order chi connectivity index (χ1) is 12.6. The van der Waals surface area contributed by atoms with Gasteiger partial charge in [0.25, 0.3) is 0 Å². The maximum Gasteiger partial charge on any atom is 0.223 e. The molecule has 2 saturated heterocycles. The van der Waals surface area contributed by atoms with Crippen LogP contribution in [0.1, 0.15) is 29.7 Å². The Kier molecular flexibility index (Phi) is 7.00. The third-order valence-corrected chi connectivity index (χ3v) is 7.96. The number of hydrogen-bond donors (Lipinski definition) is 1. The molecule has 2 atom stereocenters. The normalized spacial score (nSPS) is 22.4. The molecule has 1 amide bonds. The molecule has 27 heavy (non-hydrogen) atoms. The average Bonchev–Trinajstić information content (AvgIpc) is 3.13. The van der Waals surface area contributed by atoms with E-state index >= 15 is 0 Å². The fourth-order valence-corrected chi connectivity index (χ4v) is 6.17. The van der Waals surface area contributed by atoms with Crippen LogP contribution >= 0.6 is 35.5 Å². The van der Waals surface area contributed by atoms with Crippen LogP contribution in [0, 0.1) is 25.7 Å². The molecule has 2 aromatic heterocycles. The Labute approximate surface area is 175 Å². The Morgan fingerprint density at radius 1 is 1.26 bits per heavy atom. The molecule has 0 bridgehead atoms. The van der Waals surface area contributed by atoms with Crippen LogP contribution in [0.3, 0.4) is 0 Å². The van der Waals surface area contributed by atoms with Crippen molar-refractivity contribution in [3.63, 3.8) is 0 Å². The molecule has 0 unspecified atom stereocenters. The monoisotopic (exact) mass is 426 g/mol. The van der Waals surface area contributed by atoms with Gasteiger partial charge in [-0.25, -0.2) is 9.97 Å². The van der Waals surface area contributed by atoms with Gasteiger partial charge in [-0.15, -0.1) is 35.5 Å². The van der Waals surface area contributed by atoms with Gasteiger partial charge in [0.2, 0.25) is 5.91 Å². The van der Waals surface area contributed by atoms with E-state index in [4.69, 9.17) is 0 Å². The number of likely N-dealkylation sites (tertiary alicyclic amines) is 1. The van der Waals surface area contributed by atoms with Crippen LogP contribution in [0.4, 0.5) is 0 Å². The van der Waals surface area contributed by atoms with Gasteiger partial charge in [0.1, 0.15) is 16.2 Å². The van der Waals surface area contributed by atoms with E-state index in [1.807, 2.05) is 0 Å². The lowest BCUT2D eigenvalue weighted by Crippen LogP contribution is -2.32. The number of halogens is 1. The number of carbonyl (C=O) groups is 1. The van der Waals surface area contributed by atoms with Gasteiger partial charge in [0.05, 0.1) is 0 Å². The number of thiophene rings is 1. The highest BCUT2D eigenvalue weighted by atomic mass is 35.5. The standard InChI is InChI=1S/C19H26N4OS2.ClH/c1-12-13(2)26-19-17(12)18(21-11-22-19)25-8-5-16(24)23-6-3-14-9-20-10-15(14)4-7-23;/h11,14-15,20H,3-10H2,1-2H3;1H/t14-,15+;.